The molecule has 0 fully saturated rings. The molecule has 0 heterocycles. The Labute approximate surface area is 132 Å². The summed E-state index contributed by atoms with van der Waals surface area (Å²) in [4.78, 5) is 18.8. The minimum absolute atomic E-state index is 0. The van der Waals surface area contributed by atoms with Crippen LogP contribution < -0.4 is 34.7 Å². The van der Waals surface area contributed by atoms with Crippen molar-refractivity contribution in [2.45, 2.75) is 32.2 Å². The normalized spacial score (nSPS) is 11.8. The van der Waals surface area contributed by atoms with E-state index in [2.05, 4.69) is 0 Å². The number of rotatable bonds is 4. The van der Waals surface area contributed by atoms with Gasteiger partial charge in [0.2, 0.25) is 0 Å². The minimum Gasteiger partial charge on any atom is -0.547 e. The van der Waals surface area contributed by atoms with Crippen molar-refractivity contribution >= 4 is 11.9 Å². The van der Waals surface area contributed by atoms with Gasteiger partial charge in [0.15, 0.2) is 0 Å². The van der Waals surface area contributed by atoms with Gasteiger partial charge in [0.25, 0.3) is 0 Å². The van der Waals surface area contributed by atoms with Crippen molar-refractivity contribution in [3.05, 3.63) is 0 Å². The number of hydrogen-bond acceptors (Lipinski definition) is 8. The summed E-state index contributed by atoms with van der Waals surface area (Å²) < 4.78 is 0. The van der Waals surface area contributed by atoms with Gasteiger partial charge in [-0.3, -0.25) is 0 Å². The van der Waals surface area contributed by atoms with Crippen molar-refractivity contribution in [2.75, 3.05) is 13.2 Å². The van der Waals surface area contributed by atoms with E-state index in [0.29, 0.717) is 0 Å². The standard InChI is InChI=1S/C3H8O3.2C3H6O3.Na/c4-1-3(6)2-5;2*1-2(4)3(5)6;/h3-6H,1-2H2;2*2,4H,1H3,(H,5,6);/q;;;+1/p-1. The van der Waals surface area contributed by atoms with Crippen LogP contribution in [-0.4, -0.2) is 74.1 Å². The van der Waals surface area contributed by atoms with Crippen LogP contribution in [0, 0.1) is 0 Å². The first-order chi connectivity index (χ1) is 8.09. The smallest absolute Gasteiger partial charge is 0.547 e. The van der Waals surface area contributed by atoms with Crippen molar-refractivity contribution in [3.63, 3.8) is 0 Å². The van der Waals surface area contributed by atoms with E-state index in [1.807, 2.05) is 0 Å². The van der Waals surface area contributed by atoms with Gasteiger partial charge in [0.1, 0.15) is 12.2 Å². The molecule has 0 aromatic rings. The van der Waals surface area contributed by atoms with Gasteiger partial charge < -0.3 is 40.5 Å². The third-order valence-electron chi connectivity index (χ3n) is 1.12. The molecule has 2 unspecified atom stereocenters. The van der Waals surface area contributed by atoms with Crippen molar-refractivity contribution in [1.82, 2.24) is 0 Å². The maximum atomic E-state index is 9.45. The first-order valence-electron chi connectivity index (χ1n) is 4.79. The van der Waals surface area contributed by atoms with Crippen LogP contribution in [0.5, 0.6) is 0 Å². The Kier molecular flexibility index (Phi) is 25.3. The summed E-state index contributed by atoms with van der Waals surface area (Å²) in [5, 5.41) is 57.1. The number of carbonyl (C=O) groups is 2. The molecule has 10 heteroatoms. The molecule has 0 aromatic heterocycles. The Balaban J connectivity index is -0.0000000865. The molecule has 0 aliphatic carbocycles. The van der Waals surface area contributed by atoms with Crippen LogP contribution >= 0.6 is 0 Å². The van der Waals surface area contributed by atoms with Crippen LogP contribution in [-0.2, 0) is 9.59 Å². The van der Waals surface area contributed by atoms with E-state index in [0.717, 1.165) is 6.92 Å². The second kappa shape index (κ2) is 17.7. The van der Waals surface area contributed by atoms with Crippen molar-refractivity contribution in [2.24, 2.45) is 0 Å². The van der Waals surface area contributed by atoms with E-state index in [1.165, 1.54) is 6.92 Å². The number of carboxylic acid groups (broad SMARTS) is 2. The number of hydrogen-bond donors (Lipinski definition) is 6. The van der Waals surface area contributed by atoms with E-state index >= 15 is 0 Å². The molecule has 0 aliphatic heterocycles. The Morgan fingerprint density at radius 2 is 1.21 bits per heavy atom. The summed E-state index contributed by atoms with van der Waals surface area (Å²) >= 11 is 0. The molecular formula is C9H19NaO9. The molecule has 0 amide bonds. The Morgan fingerprint density at radius 3 is 1.21 bits per heavy atom. The van der Waals surface area contributed by atoms with Crippen LogP contribution in [0.25, 0.3) is 0 Å². The Bertz CT molecular complexity index is 198. The molecule has 110 valence electrons. The second-order valence-corrected chi connectivity index (χ2v) is 3.03. The Morgan fingerprint density at radius 1 is 1.00 bits per heavy atom. The van der Waals surface area contributed by atoms with Gasteiger partial charge in [-0.05, 0) is 13.8 Å². The van der Waals surface area contributed by atoms with Crippen molar-refractivity contribution in [3.8, 4) is 0 Å². The summed E-state index contributed by atoms with van der Waals surface area (Å²) in [7, 11) is 0. The van der Waals surface area contributed by atoms with Crippen LogP contribution in [0.1, 0.15) is 13.8 Å². The monoisotopic (exact) mass is 294 g/mol. The van der Waals surface area contributed by atoms with E-state index in [9.17, 15) is 14.7 Å². The van der Waals surface area contributed by atoms with Crippen LogP contribution in [0.4, 0.5) is 0 Å². The summed E-state index contributed by atoms with van der Waals surface area (Å²) in [6, 6.07) is 0. The summed E-state index contributed by atoms with van der Waals surface area (Å²) in [5.74, 6) is -2.62. The van der Waals surface area contributed by atoms with Crippen molar-refractivity contribution in [1.29, 1.82) is 0 Å². The molecule has 0 saturated carbocycles. The maximum absolute atomic E-state index is 9.45. The zero-order valence-corrected chi connectivity index (χ0v) is 13.1. The molecule has 2 atom stereocenters. The molecule has 0 spiro atoms. The predicted octanol–water partition coefficient (Wildman–Crippen LogP) is -7.10. The molecule has 0 aromatic carbocycles. The fourth-order valence-electron chi connectivity index (χ4n) is 0.0577. The fourth-order valence-corrected chi connectivity index (χ4v) is 0.0577. The molecule has 19 heavy (non-hydrogen) atoms. The van der Waals surface area contributed by atoms with Gasteiger partial charge in [0, 0.05) is 0 Å². The zero-order valence-electron chi connectivity index (χ0n) is 11.1. The SMILES string of the molecule is CC(O)C(=O)O.CC(O)C(=O)[O-].OCC(O)CO.[Na+]. The molecule has 0 radical (unpaired) electrons. The second-order valence-electron chi connectivity index (χ2n) is 3.03. The quantitative estimate of drug-likeness (QED) is 0.275. The molecule has 6 N–H and O–H groups in total. The van der Waals surface area contributed by atoms with E-state index < -0.39 is 30.3 Å². The summed E-state index contributed by atoms with van der Waals surface area (Å²) in [6.07, 6.45) is -3.53. The number of aliphatic hydroxyl groups is 5. The molecule has 0 bridgehead atoms. The van der Waals surface area contributed by atoms with Gasteiger partial charge in [-0.2, -0.15) is 0 Å². The zero-order chi connectivity index (χ0) is 15.3. The maximum Gasteiger partial charge on any atom is 1.00 e. The minimum atomic E-state index is -1.44. The average molecular weight is 294 g/mol. The van der Waals surface area contributed by atoms with Gasteiger partial charge in [0.05, 0.1) is 25.3 Å². The molecule has 0 aliphatic rings. The van der Waals surface area contributed by atoms with Crippen LogP contribution in [0.2, 0.25) is 0 Å². The number of aliphatic carboxylic acids is 2. The van der Waals surface area contributed by atoms with Gasteiger partial charge >= 0.3 is 35.5 Å². The Hall–Kier alpha value is -0.260. The largest absolute Gasteiger partial charge is 1.00 e. The van der Waals surface area contributed by atoms with Crippen LogP contribution in [0.15, 0.2) is 0 Å². The van der Waals surface area contributed by atoms with Crippen LogP contribution in [0.3, 0.4) is 0 Å². The third kappa shape index (κ3) is 31.9. The van der Waals surface area contributed by atoms with Gasteiger partial charge in [-0.25, -0.2) is 4.79 Å². The molecule has 0 rings (SSSR count). The van der Waals surface area contributed by atoms with Gasteiger partial charge in [-0.1, -0.05) is 0 Å². The van der Waals surface area contributed by atoms with E-state index in [4.69, 9.17) is 30.6 Å². The predicted molar refractivity (Wildman–Crippen MR) is 56.2 cm³/mol. The van der Waals surface area contributed by atoms with Crippen molar-refractivity contribution < 1.29 is 74.9 Å². The summed E-state index contributed by atoms with van der Waals surface area (Å²) in [5.41, 5.74) is 0. The first kappa shape index (κ1) is 27.1. The molecule has 0 saturated heterocycles. The molecule has 9 nitrogen and oxygen atoms in total. The topological polar surface area (TPSA) is 179 Å². The van der Waals surface area contributed by atoms with E-state index in [-0.39, 0.29) is 42.8 Å². The number of carboxylic acids is 2. The summed E-state index contributed by atoms with van der Waals surface area (Å²) in [6.45, 7) is 1.60. The fraction of sp³-hybridized carbons (Fsp3) is 0.778. The molecular weight excluding hydrogens is 275 g/mol. The third-order valence-corrected chi connectivity index (χ3v) is 1.12. The average Bonchev–Trinajstić information content (AvgIpc) is 2.29. The first-order valence-corrected chi connectivity index (χ1v) is 4.79. The number of carbonyl (C=O) groups excluding carboxylic acids is 1. The number of aliphatic hydroxyl groups excluding tert-OH is 5. The van der Waals surface area contributed by atoms with Gasteiger partial charge in [-0.15, -0.1) is 0 Å². The van der Waals surface area contributed by atoms with E-state index in [1.54, 1.807) is 0 Å².